The first kappa shape index (κ1) is 15.0. The van der Waals surface area contributed by atoms with Crippen LogP contribution in [0.1, 0.15) is 18.9 Å². The summed E-state index contributed by atoms with van der Waals surface area (Å²) in [7, 11) is 0. The van der Waals surface area contributed by atoms with Gasteiger partial charge in [0.15, 0.2) is 0 Å². The minimum absolute atomic E-state index is 0.0584. The summed E-state index contributed by atoms with van der Waals surface area (Å²) in [5, 5.41) is 13.8. The summed E-state index contributed by atoms with van der Waals surface area (Å²) >= 11 is 0. The zero-order chi connectivity index (χ0) is 14.3. The number of aliphatic hydroxyl groups excluding tert-OH is 1. The average Bonchev–Trinajstić information content (AvgIpc) is 2.40. The second kappa shape index (κ2) is 7.38. The number of amides is 2. The van der Waals surface area contributed by atoms with Gasteiger partial charge in [-0.05, 0) is 24.6 Å². The van der Waals surface area contributed by atoms with Crippen LogP contribution in [0.5, 0.6) is 0 Å². The molecule has 0 bridgehead atoms. The first-order chi connectivity index (χ1) is 9.06. The van der Waals surface area contributed by atoms with Crippen molar-refractivity contribution in [2.24, 2.45) is 0 Å². The van der Waals surface area contributed by atoms with Gasteiger partial charge in [-0.25, -0.2) is 4.79 Å². The normalized spacial score (nSPS) is 9.84. The molecule has 1 rings (SSSR count). The van der Waals surface area contributed by atoms with Crippen LogP contribution < -0.4 is 10.6 Å². The summed E-state index contributed by atoms with van der Waals surface area (Å²) < 4.78 is 4.70. The Morgan fingerprint density at radius 3 is 2.68 bits per heavy atom. The molecule has 0 aliphatic rings. The molecule has 0 spiro atoms. The smallest absolute Gasteiger partial charge is 0.411 e. The number of rotatable bonds is 5. The van der Waals surface area contributed by atoms with E-state index in [1.807, 2.05) is 6.92 Å². The molecule has 6 nitrogen and oxygen atoms in total. The molecule has 19 heavy (non-hydrogen) atoms. The summed E-state index contributed by atoms with van der Waals surface area (Å²) in [5.41, 5.74) is 2.00. The van der Waals surface area contributed by atoms with Crippen molar-refractivity contribution >= 4 is 23.4 Å². The van der Waals surface area contributed by atoms with E-state index in [4.69, 9.17) is 9.84 Å². The molecule has 0 fully saturated rings. The number of anilines is 2. The Balaban J connectivity index is 2.74. The summed E-state index contributed by atoms with van der Waals surface area (Å²) in [6.07, 6.45) is -0.258. The number of benzene rings is 1. The molecular weight excluding hydrogens is 248 g/mol. The van der Waals surface area contributed by atoms with Crippen LogP contribution in [-0.4, -0.2) is 30.3 Å². The summed E-state index contributed by atoms with van der Waals surface area (Å²) in [4.78, 5) is 22.7. The zero-order valence-corrected chi connectivity index (χ0v) is 11.0. The zero-order valence-electron chi connectivity index (χ0n) is 11.0. The molecule has 0 aliphatic heterocycles. The van der Waals surface area contributed by atoms with Gasteiger partial charge in [0.1, 0.15) is 6.61 Å². The van der Waals surface area contributed by atoms with Gasteiger partial charge in [-0.1, -0.05) is 13.0 Å². The summed E-state index contributed by atoms with van der Waals surface area (Å²) in [5.74, 6) is -0.0994. The topological polar surface area (TPSA) is 87.7 Å². The van der Waals surface area contributed by atoms with Crippen LogP contribution in [0.4, 0.5) is 16.2 Å². The van der Waals surface area contributed by atoms with Gasteiger partial charge in [0.25, 0.3) is 0 Å². The molecule has 0 unspecified atom stereocenters. The molecule has 0 saturated carbocycles. The Kier molecular flexibility index (Phi) is 5.81. The number of aryl methyl sites for hydroxylation is 1. The average molecular weight is 266 g/mol. The van der Waals surface area contributed by atoms with E-state index < -0.39 is 6.09 Å². The van der Waals surface area contributed by atoms with Crippen LogP contribution >= 0.6 is 0 Å². The fourth-order valence-corrected chi connectivity index (χ4v) is 1.37. The van der Waals surface area contributed by atoms with Crippen molar-refractivity contribution in [3.63, 3.8) is 0 Å². The third-order valence-electron chi connectivity index (χ3n) is 2.40. The number of aliphatic hydroxyl groups is 1. The van der Waals surface area contributed by atoms with Gasteiger partial charge in [-0.3, -0.25) is 10.1 Å². The van der Waals surface area contributed by atoms with Crippen LogP contribution in [0, 0.1) is 6.92 Å². The van der Waals surface area contributed by atoms with Crippen molar-refractivity contribution in [3.05, 3.63) is 23.8 Å². The van der Waals surface area contributed by atoms with Gasteiger partial charge in [0.2, 0.25) is 5.91 Å². The summed E-state index contributed by atoms with van der Waals surface area (Å²) in [6, 6.07) is 5.20. The Hall–Kier alpha value is -2.08. The Bertz CT molecular complexity index is 460. The third-order valence-corrected chi connectivity index (χ3v) is 2.40. The Morgan fingerprint density at radius 2 is 2.05 bits per heavy atom. The predicted octanol–water partition coefficient (Wildman–Crippen LogP) is 1.88. The van der Waals surface area contributed by atoms with E-state index in [1.54, 1.807) is 25.1 Å². The van der Waals surface area contributed by atoms with E-state index in [0.29, 0.717) is 17.8 Å². The van der Waals surface area contributed by atoms with Gasteiger partial charge in [-0.15, -0.1) is 0 Å². The number of hydrogen-bond donors (Lipinski definition) is 3. The van der Waals surface area contributed by atoms with E-state index in [0.717, 1.165) is 5.56 Å². The molecule has 0 heterocycles. The van der Waals surface area contributed by atoms with Crippen LogP contribution in [-0.2, 0) is 9.53 Å². The molecule has 3 N–H and O–H groups in total. The lowest BCUT2D eigenvalue weighted by Gasteiger charge is -2.11. The van der Waals surface area contributed by atoms with Crippen molar-refractivity contribution in [3.8, 4) is 0 Å². The van der Waals surface area contributed by atoms with Gasteiger partial charge < -0.3 is 15.2 Å². The quantitative estimate of drug-likeness (QED) is 0.759. The number of carbonyl (C=O) groups is 2. The molecular formula is C13H18N2O4. The van der Waals surface area contributed by atoms with E-state index in [2.05, 4.69) is 10.6 Å². The Morgan fingerprint density at radius 1 is 1.32 bits per heavy atom. The molecule has 0 aromatic heterocycles. The number of nitrogens with one attached hydrogen (secondary N) is 2. The fourth-order valence-electron chi connectivity index (χ4n) is 1.37. The number of ether oxygens (including phenoxy) is 1. The highest BCUT2D eigenvalue weighted by atomic mass is 16.6. The van der Waals surface area contributed by atoms with Gasteiger partial charge in [0.05, 0.1) is 6.61 Å². The molecule has 0 aliphatic carbocycles. The van der Waals surface area contributed by atoms with Crippen molar-refractivity contribution in [2.45, 2.75) is 20.3 Å². The monoisotopic (exact) mass is 266 g/mol. The highest BCUT2D eigenvalue weighted by Crippen LogP contribution is 2.20. The minimum atomic E-state index is -0.642. The standard InChI is InChI=1S/C13H18N2O4/c1-3-12(17)14-10-5-4-9(2)11(8-10)15-13(18)19-7-6-16/h4-5,8,16H,3,6-7H2,1-2H3,(H,14,17)(H,15,18). The second-order valence-electron chi connectivity index (χ2n) is 3.92. The van der Waals surface area contributed by atoms with Crippen molar-refractivity contribution in [1.29, 1.82) is 0 Å². The highest BCUT2D eigenvalue weighted by molar-refractivity contribution is 5.92. The van der Waals surface area contributed by atoms with Crippen molar-refractivity contribution < 1.29 is 19.4 Å². The first-order valence-electron chi connectivity index (χ1n) is 6.02. The Labute approximate surface area is 111 Å². The lowest BCUT2D eigenvalue weighted by atomic mass is 10.2. The third kappa shape index (κ3) is 4.97. The number of hydrogen-bond acceptors (Lipinski definition) is 4. The lowest BCUT2D eigenvalue weighted by Crippen LogP contribution is -2.17. The molecule has 1 aromatic rings. The van der Waals surface area contributed by atoms with E-state index in [1.165, 1.54) is 0 Å². The molecule has 6 heteroatoms. The van der Waals surface area contributed by atoms with Gasteiger partial charge in [0, 0.05) is 17.8 Å². The number of carbonyl (C=O) groups excluding carboxylic acids is 2. The van der Waals surface area contributed by atoms with Crippen molar-refractivity contribution in [2.75, 3.05) is 23.8 Å². The van der Waals surface area contributed by atoms with Gasteiger partial charge >= 0.3 is 6.09 Å². The fraction of sp³-hybridized carbons (Fsp3) is 0.385. The second-order valence-corrected chi connectivity index (χ2v) is 3.92. The summed E-state index contributed by atoms with van der Waals surface area (Å²) in [6.45, 7) is 3.30. The van der Waals surface area contributed by atoms with Crippen molar-refractivity contribution in [1.82, 2.24) is 0 Å². The minimum Gasteiger partial charge on any atom is -0.447 e. The maximum Gasteiger partial charge on any atom is 0.411 e. The maximum absolute atomic E-state index is 11.4. The molecule has 0 atom stereocenters. The first-order valence-corrected chi connectivity index (χ1v) is 6.02. The lowest BCUT2D eigenvalue weighted by molar-refractivity contribution is -0.115. The molecule has 0 radical (unpaired) electrons. The van der Waals surface area contributed by atoms with E-state index in [9.17, 15) is 9.59 Å². The predicted molar refractivity (Wildman–Crippen MR) is 72.2 cm³/mol. The highest BCUT2D eigenvalue weighted by Gasteiger charge is 2.07. The van der Waals surface area contributed by atoms with Crippen LogP contribution in [0.3, 0.4) is 0 Å². The molecule has 0 saturated heterocycles. The van der Waals surface area contributed by atoms with E-state index in [-0.39, 0.29) is 19.1 Å². The molecule has 104 valence electrons. The SMILES string of the molecule is CCC(=O)Nc1ccc(C)c(NC(=O)OCCO)c1. The largest absolute Gasteiger partial charge is 0.447 e. The van der Waals surface area contributed by atoms with Crippen LogP contribution in [0.15, 0.2) is 18.2 Å². The van der Waals surface area contributed by atoms with Crippen LogP contribution in [0.2, 0.25) is 0 Å². The van der Waals surface area contributed by atoms with Gasteiger partial charge in [-0.2, -0.15) is 0 Å². The van der Waals surface area contributed by atoms with E-state index >= 15 is 0 Å². The van der Waals surface area contributed by atoms with Crippen LogP contribution in [0.25, 0.3) is 0 Å². The molecule has 1 aromatic carbocycles. The molecule has 2 amide bonds. The maximum atomic E-state index is 11.4.